The molecule has 2 heteroatoms. The molecule has 0 aliphatic heterocycles. The van der Waals surface area contributed by atoms with Crippen molar-refractivity contribution < 1.29 is 0 Å². The molecule has 0 aromatic heterocycles. The number of hydrogen-bond donors (Lipinski definition) is 2. The molecule has 94 valence electrons. The number of hydrogen-bond acceptors (Lipinski definition) is 2. The third kappa shape index (κ3) is 3.55. The van der Waals surface area contributed by atoms with E-state index in [4.69, 9.17) is 5.73 Å². The summed E-state index contributed by atoms with van der Waals surface area (Å²) in [6, 6.07) is 8.98. The molecule has 1 aromatic carbocycles. The molecule has 17 heavy (non-hydrogen) atoms. The van der Waals surface area contributed by atoms with Crippen LogP contribution >= 0.6 is 0 Å². The van der Waals surface area contributed by atoms with Crippen molar-refractivity contribution in [2.24, 2.45) is 17.6 Å². The number of nitrogens with one attached hydrogen (secondary N) is 1. The van der Waals surface area contributed by atoms with Crippen molar-refractivity contribution in [3.8, 4) is 0 Å². The number of rotatable bonds is 6. The molecular formula is C15H24N2. The van der Waals surface area contributed by atoms with Gasteiger partial charge in [-0.2, -0.15) is 0 Å². The number of nitrogens with two attached hydrogens (primary N) is 1. The van der Waals surface area contributed by atoms with Gasteiger partial charge in [0, 0.05) is 12.6 Å². The third-order valence-electron chi connectivity index (χ3n) is 3.83. The highest BCUT2D eigenvalue weighted by Crippen LogP contribution is 2.36. The normalized spacial score (nSPS) is 19.0. The summed E-state index contributed by atoms with van der Waals surface area (Å²) in [5.74, 6) is 1.74. The lowest BCUT2D eigenvalue weighted by Gasteiger charge is -2.20. The van der Waals surface area contributed by atoms with E-state index in [1.165, 1.54) is 24.0 Å². The molecule has 2 atom stereocenters. The molecule has 0 amide bonds. The van der Waals surface area contributed by atoms with E-state index in [0.29, 0.717) is 12.6 Å². The maximum atomic E-state index is 5.86. The first-order chi connectivity index (χ1) is 8.20. The molecular weight excluding hydrogens is 208 g/mol. The Hall–Kier alpha value is -0.860. The van der Waals surface area contributed by atoms with Crippen molar-refractivity contribution in [1.82, 2.24) is 5.32 Å². The highest BCUT2D eigenvalue weighted by Gasteiger charge is 2.27. The predicted octanol–water partition coefficient (Wildman–Crippen LogP) is 2.63. The molecule has 1 aliphatic carbocycles. The van der Waals surface area contributed by atoms with E-state index >= 15 is 0 Å². The Balaban J connectivity index is 1.88. The summed E-state index contributed by atoms with van der Waals surface area (Å²) in [5.41, 5.74) is 8.47. The Morgan fingerprint density at radius 2 is 1.94 bits per heavy atom. The molecule has 2 nitrogen and oxygen atoms in total. The Bertz CT molecular complexity index is 340. The molecule has 3 N–H and O–H groups in total. The van der Waals surface area contributed by atoms with E-state index in [0.717, 1.165) is 18.4 Å². The largest absolute Gasteiger partial charge is 0.329 e. The first-order valence-electron chi connectivity index (χ1n) is 6.70. The van der Waals surface area contributed by atoms with Gasteiger partial charge in [-0.15, -0.1) is 0 Å². The standard InChI is InChI=1S/C15H24N2/c1-11-3-5-14(6-4-11)15(9-16)17-10-12(2)13-7-8-13/h3-6,12-13,15,17H,7-10,16H2,1-2H3. The van der Waals surface area contributed by atoms with Crippen LogP contribution in [0.25, 0.3) is 0 Å². The van der Waals surface area contributed by atoms with Gasteiger partial charge in [-0.1, -0.05) is 36.8 Å². The van der Waals surface area contributed by atoms with E-state index in [1.54, 1.807) is 0 Å². The van der Waals surface area contributed by atoms with Gasteiger partial charge in [0.25, 0.3) is 0 Å². The van der Waals surface area contributed by atoms with E-state index in [-0.39, 0.29) is 0 Å². The fraction of sp³-hybridized carbons (Fsp3) is 0.600. The van der Waals surface area contributed by atoms with E-state index in [2.05, 4.69) is 43.4 Å². The van der Waals surface area contributed by atoms with Gasteiger partial charge >= 0.3 is 0 Å². The summed E-state index contributed by atoms with van der Waals surface area (Å²) in [7, 11) is 0. The summed E-state index contributed by atoms with van der Waals surface area (Å²) in [4.78, 5) is 0. The van der Waals surface area contributed by atoms with Gasteiger partial charge < -0.3 is 11.1 Å². The second kappa shape index (κ2) is 5.65. The van der Waals surface area contributed by atoms with Crippen molar-refractivity contribution in [1.29, 1.82) is 0 Å². The average molecular weight is 232 g/mol. The molecule has 0 radical (unpaired) electrons. The van der Waals surface area contributed by atoms with Gasteiger partial charge in [0.15, 0.2) is 0 Å². The third-order valence-corrected chi connectivity index (χ3v) is 3.83. The topological polar surface area (TPSA) is 38.0 Å². The molecule has 0 spiro atoms. The van der Waals surface area contributed by atoms with Gasteiger partial charge in [-0.25, -0.2) is 0 Å². The second-order valence-corrected chi connectivity index (χ2v) is 5.42. The monoisotopic (exact) mass is 232 g/mol. The van der Waals surface area contributed by atoms with Crippen LogP contribution in [0.1, 0.15) is 36.9 Å². The zero-order valence-electron chi connectivity index (χ0n) is 10.9. The van der Waals surface area contributed by atoms with Crippen LogP contribution in [0.4, 0.5) is 0 Å². The lowest BCUT2D eigenvalue weighted by molar-refractivity contribution is 0.422. The maximum Gasteiger partial charge on any atom is 0.0444 e. The van der Waals surface area contributed by atoms with Gasteiger partial charge in [-0.05, 0) is 43.7 Å². The van der Waals surface area contributed by atoms with Crippen LogP contribution in [0.3, 0.4) is 0 Å². The lowest BCUT2D eigenvalue weighted by Crippen LogP contribution is -2.32. The van der Waals surface area contributed by atoms with Crippen LogP contribution in [0, 0.1) is 18.8 Å². The first kappa shape index (κ1) is 12.6. The van der Waals surface area contributed by atoms with Crippen LogP contribution in [0.5, 0.6) is 0 Å². The Kier molecular flexibility index (Phi) is 4.19. The Labute approximate surface area is 105 Å². The predicted molar refractivity (Wildman–Crippen MR) is 72.9 cm³/mol. The second-order valence-electron chi connectivity index (χ2n) is 5.42. The summed E-state index contributed by atoms with van der Waals surface area (Å²) < 4.78 is 0. The highest BCUT2D eigenvalue weighted by molar-refractivity contribution is 5.24. The summed E-state index contributed by atoms with van der Waals surface area (Å²) >= 11 is 0. The fourth-order valence-electron chi connectivity index (χ4n) is 2.30. The lowest BCUT2D eigenvalue weighted by atomic mass is 10.0. The van der Waals surface area contributed by atoms with Crippen molar-refractivity contribution >= 4 is 0 Å². The van der Waals surface area contributed by atoms with Crippen molar-refractivity contribution in [3.63, 3.8) is 0 Å². The fourth-order valence-corrected chi connectivity index (χ4v) is 2.30. The van der Waals surface area contributed by atoms with Crippen LogP contribution in [0.15, 0.2) is 24.3 Å². The average Bonchev–Trinajstić information content (AvgIpc) is 3.16. The summed E-state index contributed by atoms with van der Waals surface area (Å²) in [6.45, 7) is 6.21. The number of benzene rings is 1. The molecule has 1 fully saturated rings. The molecule has 1 aliphatic rings. The van der Waals surface area contributed by atoms with Crippen LogP contribution in [0.2, 0.25) is 0 Å². The van der Waals surface area contributed by atoms with Crippen molar-refractivity contribution in [2.75, 3.05) is 13.1 Å². The van der Waals surface area contributed by atoms with Crippen LogP contribution in [-0.4, -0.2) is 13.1 Å². The maximum absolute atomic E-state index is 5.86. The minimum absolute atomic E-state index is 0.303. The van der Waals surface area contributed by atoms with E-state index in [9.17, 15) is 0 Å². The highest BCUT2D eigenvalue weighted by atomic mass is 14.9. The Morgan fingerprint density at radius 3 is 2.47 bits per heavy atom. The van der Waals surface area contributed by atoms with Crippen LogP contribution < -0.4 is 11.1 Å². The first-order valence-corrected chi connectivity index (χ1v) is 6.70. The zero-order chi connectivity index (χ0) is 12.3. The van der Waals surface area contributed by atoms with Crippen LogP contribution in [-0.2, 0) is 0 Å². The summed E-state index contributed by atoms with van der Waals surface area (Å²) in [6.07, 6.45) is 2.83. The van der Waals surface area contributed by atoms with Gasteiger partial charge in [0.2, 0.25) is 0 Å². The molecule has 0 saturated heterocycles. The SMILES string of the molecule is Cc1ccc(C(CN)NCC(C)C2CC2)cc1. The minimum Gasteiger partial charge on any atom is -0.329 e. The van der Waals surface area contributed by atoms with Gasteiger partial charge in [0.1, 0.15) is 0 Å². The smallest absolute Gasteiger partial charge is 0.0444 e. The van der Waals surface area contributed by atoms with Gasteiger partial charge in [-0.3, -0.25) is 0 Å². The molecule has 2 rings (SSSR count). The minimum atomic E-state index is 0.303. The molecule has 0 heterocycles. The van der Waals surface area contributed by atoms with Crippen molar-refractivity contribution in [2.45, 2.75) is 32.7 Å². The molecule has 1 saturated carbocycles. The number of aryl methyl sites for hydroxylation is 1. The zero-order valence-corrected chi connectivity index (χ0v) is 10.9. The van der Waals surface area contributed by atoms with Crippen molar-refractivity contribution in [3.05, 3.63) is 35.4 Å². The van der Waals surface area contributed by atoms with Gasteiger partial charge in [0.05, 0.1) is 0 Å². The Morgan fingerprint density at radius 1 is 1.29 bits per heavy atom. The summed E-state index contributed by atoms with van der Waals surface area (Å²) in [5, 5.41) is 3.60. The molecule has 0 bridgehead atoms. The van der Waals surface area contributed by atoms with E-state index in [1.807, 2.05) is 0 Å². The molecule has 2 unspecified atom stereocenters. The molecule has 1 aromatic rings. The van der Waals surface area contributed by atoms with E-state index < -0.39 is 0 Å². The quantitative estimate of drug-likeness (QED) is 0.791.